The van der Waals surface area contributed by atoms with E-state index in [4.69, 9.17) is 4.52 Å². The van der Waals surface area contributed by atoms with Gasteiger partial charge in [0, 0.05) is 37.3 Å². The first-order chi connectivity index (χ1) is 15.9. The molecule has 1 unspecified atom stereocenters. The number of aryl methyl sites for hydroxylation is 3. The summed E-state index contributed by atoms with van der Waals surface area (Å²) in [7, 11) is 0. The molecule has 3 heterocycles. The molecule has 0 bridgehead atoms. The summed E-state index contributed by atoms with van der Waals surface area (Å²) in [5.41, 5.74) is 3.76. The molecule has 172 valence electrons. The highest BCUT2D eigenvalue weighted by atomic mass is 16.5. The number of benzene rings is 1. The van der Waals surface area contributed by atoms with Crippen LogP contribution in [0.25, 0.3) is 0 Å². The molecule has 8 nitrogen and oxygen atoms in total. The van der Waals surface area contributed by atoms with Gasteiger partial charge in [-0.05, 0) is 39.2 Å². The lowest BCUT2D eigenvalue weighted by Crippen LogP contribution is -2.40. The van der Waals surface area contributed by atoms with Crippen molar-refractivity contribution in [3.8, 4) is 0 Å². The average molecular weight is 448 g/mol. The van der Waals surface area contributed by atoms with Gasteiger partial charge in [-0.2, -0.15) is 0 Å². The standard InChI is InChI=1S/C25H29N5O3/c1-16-22(25(32)27-13-19-8-5-4-6-9-19)14-26-24(28-16)20-10-7-11-30(15-20)23(31)12-21-17(2)29-33-18(21)3/h4-6,8-9,14,20H,7,10-13,15H2,1-3H3,(H,27,32). The minimum absolute atomic E-state index is 0.0486. The number of aromatic nitrogens is 3. The van der Waals surface area contributed by atoms with Crippen LogP contribution < -0.4 is 5.32 Å². The van der Waals surface area contributed by atoms with E-state index in [2.05, 4.69) is 20.4 Å². The van der Waals surface area contributed by atoms with E-state index in [-0.39, 0.29) is 24.2 Å². The summed E-state index contributed by atoms with van der Waals surface area (Å²) in [4.78, 5) is 36.5. The van der Waals surface area contributed by atoms with Crippen LogP contribution in [0.1, 0.15) is 63.2 Å². The van der Waals surface area contributed by atoms with Crippen LogP contribution >= 0.6 is 0 Å². The number of piperidine rings is 1. The minimum atomic E-state index is -0.192. The molecule has 2 aromatic heterocycles. The van der Waals surface area contributed by atoms with E-state index in [1.54, 1.807) is 6.20 Å². The fraction of sp³-hybridized carbons (Fsp3) is 0.400. The number of nitrogens with zero attached hydrogens (tertiary/aromatic N) is 4. The molecule has 1 aliphatic heterocycles. The Balaban J connectivity index is 1.39. The Morgan fingerprint density at radius 1 is 1.15 bits per heavy atom. The number of amides is 2. The molecule has 1 aliphatic rings. The van der Waals surface area contributed by atoms with Crippen molar-refractivity contribution < 1.29 is 14.1 Å². The van der Waals surface area contributed by atoms with Gasteiger partial charge in [0.25, 0.3) is 5.91 Å². The monoisotopic (exact) mass is 447 g/mol. The van der Waals surface area contributed by atoms with Crippen LogP contribution in [0.2, 0.25) is 0 Å². The Bertz CT molecular complexity index is 1120. The van der Waals surface area contributed by atoms with E-state index < -0.39 is 0 Å². The van der Waals surface area contributed by atoms with Crippen LogP contribution in [0, 0.1) is 20.8 Å². The highest BCUT2D eigenvalue weighted by Crippen LogP contribution is 2.26. The Kier molecular flexibility index (Phi) is 6.82. The number of nitrogens with one attached hydrogen (secondary N) is 1. The molecular formula is C25H29N5O3. The van der Waals surface area contributed by atoms with E-state index in [0.717, 1.165) is 36.2 Å². The zero-order chi connectivity index (χ0) is 23.4. The van der Waals surface area contributed by atoms with Gasteiger partial charge < -0.3 is 14.7 Å². The van der Waals surface area contributed by atoms with Gasteiger partial charge in [0.1, 0.15) is 11.6 Å². The predicted molar refractivity (Wildman–Crippen MR) is 123 cm³/mol. The third-order valence-electron chi connectivity index (χ3n) is 6.19. The van der Waals surface area contributed by atoms with Gasteiger partial charge in [-0.15, -0.1) is 0 Å². The predicted octanol–water partition coefficient (Wildman–Crippen LogP) is 3.27. The minimum Gasteiger partial charge on any atom is -0.361 e. The SMILES string of the molecule is Cc1nc(C2CCCN(C(=O)Cc3c(C)noc3C)C2)ncc1C(=O)NCc1ccccc1. The Morgan fingerprint density at radius 3 is 2.64 bits per heavy atom. The third kappa shape index (κ3) is 5.27. The maximum absolute atomic E-state index is 12.9. The number of carbonyl (C=O) groups excluding carboxylic acids is 2. The second kappa shape index (κ2) is 9.94. The van der Waals surface area contributed by atoms with Crippen LogP contribution in [0.3, 0.4) is 0 Å². The zero-order valence-electron chi connectivity index (χ0n) is 19.3. The molecule has 4 rings (SSSR count). The number of carbonyl (C=O) groups is 2. The molecule has 0 aliphatic carbocycles. The summed E-state index contributed by atoms with van der Waals surface area (Å²) >= 11 is 0. The molecule has 1 saturated heterocycles. The van der Waals surface area contributed by atoms with Crippen molar-refractivity contribution in [2.45, 2.75) is 52.5 Å². The second-order valence-corrected chi connectivity index (χ2v) is 8.55. The van der Waals surface area contributed by atoms with E-state index in [9.17, 15) is 9.59 Å². The van der Waals surface area contributed by atoms with Crippen molar-refractivity contribution in [2.24, 2.45) is 0 Å². The van der Waals surface area contributed by atoms with Crippen molar-refractivity contribution in [3.63, 3.8) is 0 Å². The fourth-order valence-corrected chi connectivity index (χ4v) is 4.21. The van der Waals surface area contributed by atoms with Crippen molar-refractivity contribution >= 4 is 11.8 Å². The van der Waals surface area contributed by atoms with Gasteiger partial charge in [0.05, 0.1) is 23.4 Å². The highest BCUT2D eigenvalue weighted by Gasteiger charge is 2.28. The van der Waals surface area contributed by atoms with Crippen molar-refractivity contribution in [1.82, 2.24) is 25.3 Å². The Hall–Kier alpha value is -3.55. The number of hydrogen-bond acceptors (Lipinski definition) is 6. The van der Waals surface area contributed by atoms with E-state index in [1.807, 2.05) is 56.0 Å². The van der Waals surface area contributed by atoms with Crippen LogP contribution in [-0.2, 0) is 17.8 Å². The van der Waals surface area contributed by atoms with Crippen molar-refractivity contribution in [1.29, 1.82) is 0 Å². The third-order valence-corrected chi connectivity index (χ3v) is 6.19. The fourth-order valence-electron chi connectivity index (χ4n) is 4.21. The lowest BCUT2D eigenvalue weighted by Gasteiger charge is -2.32. The maximum Gasteiger partial charge on any atom is 0.254 e. The zero-order valence-corrected chi connectivity index (χ0v) is 19.3. The van der Waals surface area contributed by atoms with E-state index >= 15 is 0 Å². The van der Waals surface area contributed by atoms with Crippen molar-refractivity contribution in [2.75, 3.05) is 13.1 Å². The number of likely N-dealkylation sites (tertiary alicyclic amines) is 1. The normalized spacial score (nSPS) is 16.0. The molecular weight excluding hydrogens is 418 g/mol. The summed E-state index contributed by atoms with van der Waals surface area (Å²) in [6.07, 6.45) is 3.69. The summed E-state index contributed by atoms with van der Waals surface area (Å²) in [6, 6.07) is 9.76. The molecule has 0 spiro atoms. The topological polar surface area (TPSA) is 101 Å². The van der Waals surface area contributed by atoms with E-state index in [1.165, 1.54) is 0 Å². The molecule has 0 radical (unpaired) electrons. The number of rotatable bonds is 6. The lowest BCUT2D eigenvalue weighted by molar-refractivity contribution is -0.131. The summed E-state index contributed by atoms with van der Waals surface area (Å²) < 4.78 is 5.19. The van der Waals surface area contributed by atoms with E-state index in [0.29, 0.717) is 35.9 Å². The van der Waals surface area contributed by atoms with Gasteiger partial charge in [0.2, 0.25) is 5.91 Å². The highest BCUT2D eigenvalue weighted by molar-refractivity contribution is 5.94. The van der Waals surface area contributed by atoms with Gasteiger partial charge in [-0.3, -0.25) is 9.59 Å². The lowest BCUT2D eigenvalue weighted by atomic mass is 9.96. The van der Waals surface area contributed by atoms with Crippen LogP contribution in [-0.4, -0.2) is 44.9 Å². The first kappa shape index (κ1) is 22.6. The summed E-state index contributed by atoms with van der Waals surface area (Å²) in [6.45, 7) is 7.25. The average Bonchev–Trinajstić information content (AvgIpc) is 3.15. The molecule has 3 aromatic rings. The van der Waals surface area contributed by atoms with Gasteiger partial charge in [0.15, 0.2) is 0 Å². The molecule has 8 heteroatoms. The van der Waals surface area contributed by atoms with Crippen LogP contribution in [0.4, 0.5) is 0 Å². The summed E-state index contributed by atoms with van der Waals surface area (Å²) in [5, 5.41) is 6.86. The van der Waals surface area contributed by atoms with Crippen LogP contribution in [0.5, 0.6) is 0 Å². The molecule has 0 saturated carbocycles. The first-order valence-corrected chi connectivity index (χ1v) is 11.3. The summed E-state index contributed by atoms with van der Waals surface area (Å²) in [5.74, 6) is 1.29. The van der Waals surface area contributed by atoms with Crippen molar-refractivity contribution in [3.05, 3.63) is 76.2 Å². The van der Waals surface area contributed by atoms with Crippen LogP contribution in [0.15, 0.2) is 41.1 Å². The van der Waals surface area contributed by atoms with Gasteiger partial charge in [-0.25, -0.2) is 9.97 Å². The molecule has 1 N–H and O–H groups in total. The Labute approximate surface area is 193 Å². The molecule has 1 fully saturated rings. The molecule has 1 aromatic carbocycles. The second-order valence-electron chi connectivity index (χ2n) is 8.55. The largest absolute Gasteiger partial charge is 0.361 e. The molecule has 1 atom stereocenters. The smallest absolute Gasteiger partial charge is 0.254 e. The quantitative estimate of drug-likeness (QED) is 0.622. The first-order valence-electron chi connectivity index (χ1n) is 11.3. The van der Waals surface area contributed by atoms with Gasteiger partial charge >= 0.3 is 0 Å². The molecule has 33 heavy (non-hydrogen) atoms. The number of hydrogen-bond donors (Lipinski definition) is 1. The van der Waals surface area contributed by atoms with Gasteiger partial charge in [-0.1, -0.05) is 35.5 Å². The molecule has 2 amide bonds. The maximum atomic E-state index is 12.9. The Morgan fingerprint density at radius 2 is 1.94 bits per heavy atom.